The molecule has 0 N–H and O–H groups in total. The second kappa shape index (κ2) is 4.99. The molecule has 78 valence electrons. The van der Waals surface area contributed by atoms with Gasteiger partial charge in [0.05, 0.1) is 0 Å². The molecule has 13 heavy (non-hydrogen) atoms. The van der Waals surface area contributed by atoms with Gasteiger partial charge in [-0.15, -0.1) is 0 Å². The van der Waals surface area contributed by atoms with Crippen LogP contribution in [-0.2, 0) is 4.74 Å². The summed E-state index contributed by atoms with van der Waals surface area (Å²) in [7, 11) is 0. The van der Waals surface area contributed by atoms with Crippen LogP contribution in [0.25, 0.3) is 0 Å². The van der Waals surface area contributed by atoms with Gasteiger partial charge in [0, 0.05) is 13.2 Å². The molecule has 0 amide bonds. The summed E-state index contributed by atoms with van der Waals surface area (Å²) in [4.78, 5) is 0. The summed E-state index contributed by atoms with van der Waals surface area (Å²) in [6.07, 6.45) is 6.59. The average molecular weight is 184 g/mol. The first kappa shape index (κ1) is 11.0. The lowest BCUT2D eigenvalue weighted by atomic mass is 9.69. The number of hydrogen-bond acceptors (Lipinski definition) is 1. The van der Waals surface area contributed by atoms with Crippen molar-refractivity contribution in [1.82, 2.24) is 0 Å². The third-order valence-electron chi connectivity index (χ3n) is 3.84. The Morgan fingerprint density at radius 1 is 1.23 bits per heavy atom. The number of ether oxygens (including phenoxy) is 1. The molecule has 1 rings (SSSR count). The maximum atomic E-state index is 5.42. The van der Waals surface area contributed by atoms with Gasteiger partial charge in [-0.2, -0.15) is 0 Å². The summed E-state index contributed by atoms with van der Waals surface area (Å²) in [6.45, 7) is 9.08. The fourth-order valence-electron chi connectivity index (χ4n) is 2.64. The van der Waals surface area contributed by atoms with E-state index < -0.39 is 0 Å². The average Bonchev–Trinajstić information content (AvgIpc) is 2.19. The van der Waals surface area contributed by atoms with E-state index in [1.807, 2.05) is 0 Å². The van der Waals surface area contributed by atoms with E-state index in [4.69, 9.17) is 4.74 Å². The van der Waals surface area contributed by atoms with Crippen LogP contribution in [0.1, 0.15) is 52.9 Å². The molecule has 0 aromatic rings. The first-order valence-corrected chi connectivity index (χ1v) is 5.80. The molecule has 1 saturated heterocycles. The number of hydrogen-bond donors (Lipinski definition) is 0. The molecule has 0 radical (unpaired) electrons. The van der Waals surface area contributed by atoms with Gasteiger partial charge < -0.3 is 4.74 Å². The van der Waals surface area contributed by atoms with Gasteiger partial charge in [0.15, 0.2) is 0 Å². The van der Waals surface area contributed by atoms with E-state index in [0.717, 1.165) is 19.1 Å². The Morgan fingerprint density at radius 2 is 1.85 bits per heavy atom. The van der Waals surface area contributed by atoms with E-state index in [1.165, 1.54) is 32.1 Å². The van der Waals surface area contributed by atoms with Gasteiger partial charge in [0.1, 0.15) is 0 Å². The van der Waals surface area contributed by atoms with Crippen molar-refractivity contribution < 1.29 is 4.74 Å². The van der Waals surface area contributed by atoms with Crippen molar-refractivity contribution >= 4 is 0 Å². The highest BCUT2D eigenvalue weighted by Crippen LogP contribution is 2.41. The van der Waals surface area contributed by atoms with E-state index in [-0.39, 0.29) is 0 Å². The van der Waals surface area contributed by atoms with E-state index in [0.29, 0.717) is 5.41 Å². The third-order valence-corrected chi connectivity index (χ3v) is 3.84. The van der Waals surface area contributed by atoms with Crippen molar-refractivity contribution in [2.45, 2.75) is 52.9 Å². The lowest BCUT2D eigenvalue weighted by molar-refractivity contribution is 0.0108. The lowest BCUT2D eigenvalue weighted by Crippen LogP contribution is -2.31. The minimum Gasteiger partial charge on any atom is -0.381 e. The van der Waals surface area contributed by atoms with Gasteiger partial charge in [-0.3, -0.25) is 0 Å². The van der Waals surface area contributed by atoms with Gasteiger partial charge in [0.2, 0.25) is 0 Å². The number of rotatable bonds is 4. The molecule has 1 nitrogen and oxygen atoms in total. The summed E-state index contributed by atoms with van der Waals surface area (Å²) in [5.41, 5.74) is 0.582. The van der Waals surface area contributed by atoms with Crippen LogP contribution in [0, 0.1) is 11.3 Å². The Hall–Kier alpha value is -0.0400. The molecule has 0 aromatic heterocycles. The zero-order valence-corrected chi connectivity index (χ0v) is 9.44. The summed E-state index contributed by atoms with van der Waals surface area (Å²) in [6, 6.07) is 0. The predicted octanol–water partition coefficient (Wildman–Crippen LogP) is 3.63. The second-order valence-electron chi connectivity index (χ2n) is 4.64. The van der Waals surface area contributed by atoms with Crippen molar-refractivity contribution in [3.05, 3.63) is 0 Å². The minimum absolute atomic E-state index is 0.582. The molecule has 1 heteroatoms. The quantitative estimate of drug-likeness (QED) is 0.648. The molecule has 1 unspecified atom stereocenters. The molecular weight excluding hydrogens is 160 g/mol. The van der Waals surface area contributed by atoms with Gasteiger partial charge in [-0.25, -0.2) is 0 Å². The molecule has 0 aromatic carbocycles. The van der Waals surface area contributed by atoms with Crippen molar-refractivity contribution in [3.8, 4) is 0 Å². The molecule has 1 heterocycles. The molecule has 0 aliphatic carbocycles. The molecule has 1 atom stereocenters. The summed E-state index contributed by atoms with van der Waals surface area (Å²) < 4.78 is 5.42. The second-order valence-corrected chi connectivity index (χ2v) is 4.64. The van der Waals surface area contributed by atoms with Gasteiger partial charge in [-0.1, -0.05) is 33.6 Å². The third kappa shape index (κ3) is 2.70. The molecule has 0 bridgehead atoms. The van der Waals surface area contributed by atoms with Crippen LogP contribution in [-0.4, -0.2) is 13.2 Å². The maximum absolute atomic E-state index is 5.42. The topological polar surface area (TPSA) is 9.23 Å². The smallest absolute Gasteiger partial charge is 0.0468 e. The fraction of sp³-hybridized carbons (Fsp3) is 1.00. The molecule has 1 aliphatic rings. The van der Waals surface area contributed by atoms with Crippen molar-refractivity contribution in [3.63, 3.8) is 0 Å². The summed E-state index contributed by atoms with van der Waals surface area (Å²) >= 11 is 0. The van der Waals surface area contributed by atoms with E-state index in [1.54, 1.807) is 0 Å². The van der Waals surface area contributed by atoms with Crippen LogP contribution in [0.3, 0.4) is 0 Å². The van der Waals surface area contributed by atoms with Crippen molar-refractivity contribution in [2.24, 2.45) is 11.3 Å². The van der Waals surface area contributed by atoms with E-state index >= 15 is 0 Å². The van der Waals surface area contributed by atoms with Crippen LogP contribution in [0.2, 0.25) is 0 Å². The van der Waals surface area contributed by atoms with Crippen LogP contribution in [0.4, 0.5) is 0 Å². The fourth-order valence-corrected chi connectivity index (χ4v) is 2.64. The highest BCUT2D eigenvalue weighted by atomic mass is 16.5. The Balaban J connectivity index is 2.51. The highest BCUT2D eigenvalue weighted by molar-refractivity contribution is 4.82. The zero-order valence-electron chi connectivity index (χ0n) is 9.44. The Bertz CT molecular complexity index is 138. The largest absolute Gasteiger partial charge is 0.381 e. The molecular formula is C12H24O. The molecule has 0 saturated carbocycles. The maximum Gasteiger partial charge on any atom is 0.0468 e. The molecule has 1 aliphatic heterocycles. The molecule has 1 fully saturated rings. The lowest BCUT2D eigenvalue weighted by Gasteiger charge is -2.39. The van der Waals surface area contributed by atoms with Crippen LogP contribution < -0.4 is 0 Å². The Morgan fingerprint density at radius 3 is 2.31 bits per heavy atom. The Kier molecular flexibility index (Phi) is 4.24. The minimum atomic E-state index is 0.582. The normalized spacial score (nSPS) is 24.2. The SMILES string of the molecule is CCCC(C)(CC)C1CCOCC1. The van der Waals surface area contributed by atoms with Gasteiger partial charge in [0.25, 0.3) is 0 Å². The zero-order chi connectivity index (χ0) is 9.73. The highest BCUT2D eigenvalue weighted by Gasteiger charge is 2.32. The monoisotopic (exact) mass is 184 g/mol. The molecule has 0 spiro atoms. The van der Waals surface area contributed by atoms with Gasteiger partial charge in [-0.05, 0) is 30.6 Å². The van der Waals surface area contributed by atoms with Crippen molar-refractivity contribution in [2.75, 3.05) is 13.2 Å². The Labute approximate surface area is 82.9 Å². The van der Waals surface area contributed by atoms with E-state index in [9.17, 15) is 0 Å². The van der Waals surface area contributed by atoms with Crippen LogP contribution >= 0.6 is 0 Å². The summed E-state index contributed by atoms with van der Waals surface area (Å²) in [5, 5.41) is 0. The first-order chi connectivity index (χ1) is 6.23. The van der Waals surface area contributed by atoms with Gasteiger partial charge >= 0.3 is 0 Å². The predicted molar refractivity (Wildman–Crippen MR) is 56.8 cm³/mol. The van der Waals surface area contributed by atoms with E-state index in [2.05, 4.69) is 20.8 Å². The van der Waals surface area contributed by atoms with Crippen molar-refractivity contribution in [1.29, 1.82) is 0 Å². The van der Waals surface area contributed by atoms with Crippen LogP contribution in [0.5, 0.6) is 0 Å². The standard InChI is InChI=1S/C12H24O/c1-4-8-12(3,5-2)11-6-9-13-10-7-11/h11H,4-10H2,1-3H3. The first-order valence-electron chi connectivity index (χ1n) is 5.80. The summed E-state index contributed by atoms with van der Waals surface area (Å²) in [5.74, 6) is 0.909. The van der Waals surface area contributed by atoms with Crippen LogP contribution in [0.15, 0.2) is 0 Å².